The average molecular weight is 259 g/mol. The van der Waals surface area contributed by atoms with Crippen molar-refractivity contribution in [2.75, 3.05) is 7.05 Å². The largest absolute Gasteiger partial charge is 0.412 e. The summed E-state index contributed by atoms with van der Waals surface area (Å²) < 4.78 is 7.36. The molecule has 1 amide bonds. The highest BCUT2D eigenvalue weighted by molar-refractivity contribution is 5.88. The van der Waals surface area contributed by atoms with Gasteiger partial charge in [-0.25, -0.2) is 4.79 Å². The van der Waals surface area contributed by atoms with E-state index >= 15 is 0 Å². The van der Waals surface area contributed by atoms with Gasteiger partial charge in [0.05, 0.1) is 0 Å². The Bertz CT molecular complexity index is 660. The maximum atomic E-state index is 11.3. The van der Waals surface area contributed by atoms with E-state index in [2.05, 4.69) is 16.9 Å². The van der Waals surface area contributed by atoms with E-state index in [0.29, 0.717) is 5.75 Å². The molecule has 0 fully saturated rings. The normalized spacial score (nSPS) is 17.5. The van der Waals surface area contributed by atoms with E-state index in [1.54, 1.807) is 6.07 Å². The lowest BCUT2D eigenvalue weighted by Crippen LogP contribution is -2.21. The number of aryl methyl sites for hydroxylation is 1. The Balaban J connectivity index is 2.12. The Morgan fingerprint density at radius 1 is 1.53 bits per heavy atom. The van der Waals surface area contributed by atoms with Crippen LogP contribution in [0.5, 0.6) is 5.75 Å². The highest BCUT2D eigenvalue weighted by atomic mass is 16.5. The summed E-state index contributed by atoms with van der Waals surface area (Å²) in [5.74, 6) is 0.541. The number of nitrogens with one attached hydrogen (secondary N) is 1. The number of rotatable bonds is 1. The molecular weight excluding hydrogens is 242 g/mol. The molecule has 3 N–H and O–H groups in total. The number of hydrogen-bond donors (Lipinski definition) is 2. The second-order valence-corrected chi connectivity index (χ2v) is 4.88. The Hall–Kier alpha value is -2.01. The van der Waals surface area contributed by atoms with Crippen LogP contribution in [-0.4, -0.2) is 17.7 Å². The highest BCUT2D eigenvalue weighted by Crippen LogP contribution is 2.38. The molecule has 0 spiro atoms. The molecule has 5 nitrogen and oxygen atoms in total. The molecule has 2 aromatic rings. The van der Waals surface area contributed by atoms with Crippen LogP contribution in [0.3, 0.4) is 0 Å². The van der Waals surface area contributed by atoms with Crippen LogP contribution in [0.25, 0.3) is 10.9 Å². The van der Waals surface area contributed by atoms with Gasteiger partial charge in [0.15, 0.2) is 0 Å². The molecule has 3 rings (SSSR count). The number of aromatic nitrogens is 1. The number of nitrogens with two attached hydrogens (primary N) is 1. The average Bonchev–Trinajstić information content (AvgIpc) is 2.91. The second kappa shape index (κ2) is 4.28. The zero-order chi connectivity index (χ0) is 13.6. The van der Waals surface area contributed by atoms with Crippen LogP contribution < -0.4 is 15.8 Å². The van der Waals surface area contributed by atoms with E-state index in [4.69, 9.17) is 10.5 Å². The molecule has 0 saturated heterocycles. The summed E-state index contributed by atoms with van der Waals surface area (Å²) >= 11 is 0. The van der Waals surface area contributed by atoms with Gasteiger partial charge < -0.3 is 20.4 Å². The zero-order valence-corrected chi connectivity index (χ0v) is 11.1. The van der Waals surface area contributed by atoms with Gasteiger partial charge in [-0.1, -0.05) is 0 Å². The van der Waals surface area contributed by atoms with E-state index in [-0.39, 0.29) is 6.04 Å². The maximum Gasteiger partial charge on any atom is 0.412 e. The van der Waals surface area contributed by atoms with Crippen molar-refractivity contribution in [2.45, 2.75) is 18.9 Å². The predicted octanol–water partition coefficient (Wildman–Crippen LogP) is 1.84. The van der Waals surface area contributed by atoms with Gasteiger partial charge in [-0.3, -0.25) is 0 Å². The Morgan fingerprint density at radius 3 is 3.05 bits per heavy atom. The van der Waals surface area contributed by atoms with Crippen LogP contribution in [0.15, 0.2) is 18.2 Å². The van der Waals surface area contributed by atoms with Crippen molar-refractivity contribution in [1.29, 1.82) is 0 Å². The fourth-order valence-corrected chi connectivity index (χ4v) is 2.88. The molecule has 0 aliphatic heterocycles. The van der Waals surface area contributed by atoms with Gasteiger partial charge in [0.2, 0.25) is 0 Å². The summed E-state index contributed by atoms with van der Waals surface area (Å²) in [5, 5.41) is 3.52. The van der Waals surface area contributed by atoms with Crippen molar-refractivity contribution in [3.05, 3.63) is 29.5 Å². The first kappa shape index (κ1) is 12.0. The molecule has 1 aliphatic rings. The molecular formula is C14H17N3O2. The molecule has 0 saturated carbocycles. The minimum atomic E-state index is -0.462. The van der Waals surface area contributed by atoms with Gasteiger partial charge in [-0.05, 0) is 36.6 Å². The van der Waals surface area contributed by atoms with Crippen LogP contribution in [-0.2, 0) is 13.5 Å². The van der Waals surface area contributed by atoms with Gasteiger partial charge in [-0.2, -0.15) is 0 Å². The van der Waals surface area contributed by atoms with E-state index in [0.717, 1.165) is 23.7 Å². The van der Waals surface area contributed by atoms with Crippen molar-refractivity contribution < 1.29 is 9.53 Å². The van der Waals surface area contributed by atoms with E-state index in [1.807, 2.05) is 12.1 Å². The number of carbonyl (C=O) groups excluding carboxylic acids is 1. The van der Waals surface area contributed by atoms with Crippen LogP contribution in [0.2, 0.25) is 0 Å². The summed E-state index contributed by atoms with van der Waals surface area (Å²) in [5.41, 5.74) is 9.78. The minimum absolute atomic E-state index is 0.0777. The van der Waals surface area contributed by atoms with E-state index < -0.39 is 6.09 Å². The van der Waals surface area contributed by atoms with Crippen molar-refractivity contribution in [3.63, 3.8) is 0 Å². The monoisotopic (exact) mass is 259 g/mol. The van der Waals surface area contributed by atoms with Crippen LogP contribution in [0, 0.1) is 0 Å². The highest BCUT2D eigenvalue weighted by Gasteiger charge is 2.26. The van der Waals surface area contributed by atoms with E-state index in [1.165, 1.54) is 18.3 Å². The first-order valence-electron chi connectivity index (χ1n) is 6.38. The third-order valence-electron chi connectivity index (χ3n) is 3.81. The molecule has 19 heavy (non-hydrogen) atoms. The molecule has 1 atom stereocenters. The van der Waals surface area contributed by atoms with Crippen molar-refractivity contribution in [2.24, 2.45) is 12.8 Å². The fourth-order valence-electron chi connectivity index (χ4n) is 2.88. The van der Waals surface area contributed by atoms with Crippen molar-refractivity contribution in [1.82, 2.24) is 9.88 Å². The SMILES string of the molecule is CNC(=O)Oc1ccc2c(c1)c1c(n2C)CCC1N. The molecule has 0 radical (unpaired) electrons. The zero-order valence-electron chi connectivity index (χ0n) is 11.1. The topological polar surface area (TPSA) is 69.3 Å². The molecule has 1 unspecified atom stereocenters. The van der Waals surface area contributed by atoms with Crippen LogP contribution in [0.1, 0.15) is 23.7 Å². The molecule has 1 aromatic heterocycles. The first-order chi connectivity index (χ1) is 9.11. The quantitative estimate of drug-likeness (QED) is 0.821. The van der Waals surface area contributed by atoms with Gasteiger partial charge in [0.25, 0.3) is 0 Å². The summed E-state index contributed by atoms with van der Waals surface area (Å²) in [6, 6.07) is 5.75. The number of hydrogen-bond acceptors (Lipinski definition) is 3. The lowest BCUT2D eigenvalue weighted by molar-refractivity contribution is 0.203. The van der Waals surface area contributed by atoms with Gasteiger partial charge in [0, 0.05) is 36.7 Å². The summed E-state index contributed by atoms with van der Waals surface area (Å²) in [4.78, 5) is 11.3. The standard InChI is InChI=1S/C14H17N3O2/c1-16-14(18)19-8-3-5-11-9(7-8)13-10(15)4-6-12(13)17(11)2/h3,5,7,10H,4,6,15H2,1-2H3,(H,16,18). The number of fused-ring (bicyclic) bond motifs is 3. The summed E-state index contributed by atoms with van der Waals surface area (Å²) in [6.07, 6.45) is 1.53. The molecule has 1 heterocycles. The van der Waals surface area contributed by atoms with Gasteiger partial charge in [0.1, 0.15) is 5.75 Å². The summed E-state index contributed by atoms with van der Waals surface area (Å²) in [6.45, 7) is 0. The van der Waals surface area contributed by atoms with Crippen LogP contribution in [0.4, 0.5) is 4.79 Å². The second-order valence-electron chi connectivity index (χ2n) is 4.88. The van der Waals surface area contributed by atoms with E-state index in [9.17, 15) is 4.79 Å². The number of benzene rings is 1. The lowest BCUT2D eigenvalue weighted by Gasteiger charge is -2.06. The first-order valence-corrected chi connectivity index (χ1v) is 6.38. The van der Waals surface area contributed by atoms with Crippen molar-refractivity contribution in [3.8, 4) is 5.75 Å². The molecule has 0 bridgehead atoms. The van der Waals surface area contributed by atoms with Crippen LogP contribution >= 0.6 is 0 Å². The molecule has 5 heteroatoms. The Kier molecular flexibility index (Phi) is 2.71. The smallest absolute Gasteiger partial charge is 0.410 e. The fraction of sp³-hybridized carbons (Fsp3) is 0.357. The molecule has 100 valence electrons. The number of ether oxygens (including phenoxy) is 1. The molecule has 1 aromatic carbocycles. The maximum absolute atomic E-state index is 11.3. The third-order valence-corrected chi connectivity index (χ3v) is 3.81. The Labute approximate surface area is 111 Å². The number of amides is 1. The number of nitrogens with zero attached hydrogens (tertiary/aromatic N) is 1. The van der Waals surface area contributed by atoms with Gasteiger partial charge >= 0.3 is 6.09 Å². The van der Waals surface area contributed by atoms with Gasteiger partial charge in [-0.15, -0.1) is 0 Å². The Morgan fingerprint density at radius 2 is 2.32 bits per heavy atom. The third kappa shape index (κ3) is 1.77. The number of carbonyl (C=O) groups is 1. The van der Waals surface area contributed by atoms with Crippen molar-refractivity contribution >= 4 is 17.0 Å². The summed E-state index contributed by atoms with van der Waals surface area (Å²) in [7, 11) is 3.59. The lowest BCUT2D eigenvalue weighted by atomic mass is 10.1. The predicted molar refractivity (Wildman–Crippen MR) is 73.3 cm³/mol. The molecule has 1 aliphatic carbocycles. The minimum Gasteiger partial charge on any atom is -0.410 e.